The molecule has 3 heterocycles. The third-order valence-electron chi connectivity index (χ3n) is 4.92. The van der Waals surface area contributed by atoms with E-state index in [0.717, 1.165) is 16.1 Å². The highest BCUT2D eigenvalue weighted by Crippen LogP contribution is 2.38. The number of anilines is 1. The molecule has 162 valence electrons. The maximum atomic E-state index is 12.3. The number of ether oxygens (including phenoxy) is 1. The van der Waals surface area contributed by atoms with E-state index in [1.54, 1.807) is 24.4 Å². The van der Waals surface area contributed by atoms with Crippen molar-refractivity contribution in [3.8, 4) is 6.07 Å². The van der Waals surface area contributed by atoms with Gasteiger partial charge in [0, 0.05) is 23.6 Å². The molecule has 1 unspecified atom stereocenters. The number of nitrogens with zero attached hydrogens (tertiary/aromatic N) is 2. The molecule has 2 N–H and O–H groups in total. The SMILES string of the molecule is N#Cc1c(NC(=O)C=Cc2ccco2)sc2c1CCC(OC(=O)NCc1ccccn1)C2. The van der Waals surface area contributed by atoms with E-state index in [4.69, 9.17) is 9.15 Å². The van der Waals surface area contributed by atoms with Crippen molar-refractivity contribution in [2.24, 2.45) is 0 Å². The molecule has 1 aliphatic rings. The van der Waals surface area contributed by atoms with Crippen molar-refractivity contribution in [1.29, 1.82) is 5.26 Å². The Hall–Kier alpha value is -3.90. The van der Waals surface area contributed by atoms with Gasteiger partial charge in [-0.25, -0.2) is 4.79 Å². The predicted molar refractivity (Wildman–Crippen MR) is 119 cm³/mol. The molecule has 0 bridgehead atoms. The fourth-order valence-corrected chi connectivity index (χ4v) is 4.68. The smallest absolute Gasteiger partial charge is 0.407 e. The largest absolute Gasteiger partial charge is 0.465 e. The van der Waals surface area contributed by atoms with Crippen LogP contribution in [-0.2, 0) is 28.9 Å². The third-order valence-corrected chi connectivity index (χ3v) is 6.09. The number of aromatic nitrogens is 1. The van der Waals surface area contributed by atoms with Gasteiger partial charge in [0.2, 0.25) is 5.91 Å². The van der Waals surface area contributed by atoms with Crippen molar-refractivity contribution in [1.82, 2.24) is 10.3 Å². The van der Waals surface area contributed by atoms with Crippen molar-refractivity contribution in [2.45, 2.75) is 31.9 Å². The van der Waals surface area contributed by atoms with E-state index in [0.29, 0.717) is 35.6 Å². The Kier molecular flexibility index (Phi) is 6.63. The lowest BCUT2D eigenvalue weighted by molar-refractivity contribution is -0.111. The first-order valence-electron chi connectivity index (χ1n) is 10.0. The topological polar surface area (TPSA) is 117 Å². The average molecular weight is 449 g/mol. The second-order valence-electron chi connectivity index (χ2n) is 7.10. The molecule has 0 saturated carbocycles. The summed E-state index contributed by atoms with van der Waals surface area (Å²) in [5.41, 5.74) is 2.13. The van der Waals surface area contributed by atoms with E-state index in [9.17, 15) is 14.9 Å². The molecule has 3 aromatic rings. The molecule has 4 rings (SSSR count). The van der Waals surface area contributed by atoms with Crippen LogP contribution < -0.4 is 10.6 Å². The molecule has 32 heavy (non-hydrogen) atoms. The molecular formula is C23H20N4O4S. The van der Waals surface area contributed by atoms with Crippen LogP contribution in [0, 0.1) is 11.3 Å². The second kappa shape index (κ2) is 9.94. The normalized spacial score (nSPS) is 15.0. The number of amides is 2. The Morgan fingerprint density at radius 2 is 2.25 bits per heavy atom. The Labute approximate surface area is 188 Å². The third kappa shape index (κ3) is 5.22. The molecular weight excluding hydrogens is 428 g/mol. The standard InChI is InChI=1S/C23H20N4O4S/c24-13-19-18-8-6-17(31-23(29)26-14-15-4-1-2-10-25-15)12-20(18)32-22(19)27-21(28)9-7-16-5-3-11-30-16/h1-5,7,9-11,17H,6,8,12,14H2,(H,26,29)(H,27,28). The van der Waals surface area contributed by atoms with Gasteiger partial charge >= 0.3 is 6.09 Å². The molecule has 9 heteroatoms. The van der Waals surface area contributed by atoms with Crippen LogP contribution in [0.3, 0.4) is 0 Å². The summed E-state index contributed by atoms with van der Waals surface area (Å²) in [4.78, 5) is 29.5. The van der Waals surface area contributed by atoms with Crippen LogP contribution in [0.2, 0.25) is 0 Å². The van der Waals surface area contributed by atoms with E-state index < -0.39 is 6.09 Å². The molecule has 0 aliphatic heterocycles. The molecule has 2 amide bonds. The van der Waals surface area contributed by atoms with Crippen LogP contribution >= 0.6 is 11.3 Å². The van der Waals surface area contributed by atoms with Gasteiger partial charge in [0.1, 0.15) is 22.9 Å². The van der Waals surface area contributed by atoms with E-state index >= 15 is 0 Å². The van der Waals surface area contributed by atoms with Crippen molar-refractivity contribution in [3.05, 3.63) is 76.3 Å². The zero-order valence-electron chi connectivity index (χ0n) is 17.0. The summed E-state index contributed by atoms with van der Waals surface area (Å²) in [5.74, 6) is 0.214. The molecule has 0 radical (unpaired) electrons. The number of thiophene rings is 1. The first-order valence-corrected chi connectivity index (χ1v) is 10.9. The van der Waals surface area contributed by atoms with Gasteiger partial charge in [0.25, 0.3) is 0 Å². The van der Waals surface area contributed by atoms with Crippen molar-refractivity contribution in [3.63, 3.8) is 0 Å². The highest BCUT2D eigenvalue weighted by molar-refractivity contribution is 7.16. The number of hydrogen-bond donors (Lipinski definition) is 2. The maximum absolute atomic E-state index is 12.3. The lowest BCUT2D eigenvalue weighted by atomic mass is 9.94. The van der Waals surface area contributed by atoms with Gasteiger partial charge in [-0.15, -0.1) is 11.3 Å². The summed E-state index contributed by atoms with van der Waals surface area (Å²) in [5, 5.41) is 15.6. The Balaban J connectivity index is 1.36. The van der Waals surface area contributed by atoms with Crippen LogP contribution in [0.4, 0.5) is 9.80 Å². The van der Waals surface area contributed by atoms with Crippen LogP contribution in [0.15, 0.2) is 53.3 Å². The molecule has 0 spiro atoms. The van der Waals surface area contributed by atoms with Gasteiger partial charge in [0.05, 0.1) is 24.1 Å². The number of nitrogens with one attached hydrogen (secondary N) is 2. The van der Waals surface area contributed by atoms with Crippen molar-refractivity contribution < 1.29 is 18.7 Å². The van der Waals surface area contributed by atoms with Gasteiger partial charge in [0.15, 0.2) is 0 Å². The Morgan fingerprint density at radius 1 is 1.34 bits per heavy atom. The summed E-state index contributed by atoms with van der Waals surface area (Å²) < 4.78 is 10.7. The van der Waals surface area contributed by atoms with Crippen LogP contribution in [0.5, 0.6) is 0 Å². The number of alkyl carbamates (subject to hydrolysis) is 1. The molecule has 0 aromatic carbocycles. The van der Waals surface area contributed by atoms with Gasteiger partial charge in [-0.05, 0) is 48.7 Å². The van der Waals surface area contributed by atoms with Gasteiger partial charge in [-0.3, -0.25) is 9.78 Å². The number of hydrogen-bond acceptors (Lipinski definition) is 7. The lowest BCUT2D eigenvalue weighted by Crippen LogP contribution is -2.31. The number of carbonyl (C=O) groups is 2. The molecule has 0 saturated heterocycles. The van der Waals surface area contributed by atoms with Crippen LogP contribution in [-0.4, -0.2) is 23.1 Å². The average Bonchev–Trinajstić information content (AvgIpc) is 3.44. The number of rotatable bonds is 6. The summed E-state index contributed by atoms with van der Waals surface area (Å²) in [6.07, 6.45) is 7.03. The number of furan rings is 1. The minimum Gasteiger partial charge on any atom is -0.465 e. The molecule has 0 fully saturated rings. The Morgan fingerprint density at radius 3 is 3.00 bits per heavy atom. The fraction of sp³-hybridized carbons (Fsp3) is 0.217. The monoisotopic (exact) mass is 448 g/mol. The highest BCUT2D eigenvalue weighted by Gasteiger charge is 2.28. The summed E-state index contributed by atoms with van der Waals surface area (Å²) in [7, 11) is 0. The van der Waals surface area contributed by atoms with Crippen LogP contribution in [0.1, 0.15) is 33.9 Å². The van der Waals surface area contributed by atoms with E-state index in [1.807, 2.05) is 18.2 Å². The Bertz CT molecular complexity index is 1160. The van der Waals surface area contributed by atoms with Crippen molar-refractivity contribution >= 4 is 34.4 Å². The number of carbonyl (C=O) groups excluding carboxylic acids is 2. The van der Waals surface area contributed by atoms with Crippen LogP contribution in [0.25, 0.3) is 6.08 Å². The zero-order chi connectivity index (χ0) is 22.3. The number of nitriles is 1. The van der Waals surface area contributed by atoms with E-state index in [2.05, 4.69) is 21.7 Å². The first kappa shape index (κ1) is 21.3. The lowest BCUT2D eigenvalue weighted by Gasteiger charge is -2.22. The van der Waals surface area contributed by atoms with Gasteiger partial charge in [-0.2, -0.15) is 5.26 Å². The van der Waals surface area contributed by atoms with Crippen molar-refractivity contribution in [2.75, 3.05) is 5.32 Å². The minimum atomic E-state index is -0.502. The maximum Gasteiger partial charge on any atom is 0.407 e. The van der Waals surface area contributed by atoms with E-state index in [1.165, 1.54) is 23.7 Å². The minimum absolute atomic E-state index is 0.289. The highest BCUT2D eigenvalue weighted by atomic mass is 32.1. The number of fused-ring (bicyclic) bond motifs is 1. The summed E-state index contributed by atoms with van der Waals surface area (Å²) in [6.45, 7) is 0.289. The van der Waals surface area contributed by atoms with Gasteiger partial charge < -0.3 is 19.8 Å². The first-order chi connectivity index (χ1) is 15.6. The number of pyridine rings is 1. The van der Waals surface area contributed by atoms with Gasteiger partial charge in [-0.1, -0.05) is 6.07 Å². The second-order valence-corrected chi connectivity index (χ2v) is 8.21. The predicted octanol–water partition coefficient (Wildman–Crippen LogP) is 4.04. The molecule has 1 aliphatic carbocycles. The molecule has 1 atom stereocenters. The summed E-state index contributed by atoms with van der Waals surface area (Å²) >= 11 is 1.35. The molecule has 8 nitrogen and oxygen atoms in total. The summed E-state index contributed by atoms with van der Waals surface area (Å²) in [6, 6.07) is 11.2. The van der Waals surface area contributed by atoms with E-state index in [-0.39, 0.29) is 18.6 Å². The quantitative estimate of drug-likeness (QED) is 0.550. The fourth-order valence-electron chi connectivity index (χ4n) is 3.42. The molecule has 3 aromatic heterocycles. The zero-order valence-corrected chi connectivity index (χ0v) is 17.9.